The molecule has 2 aromatic heterocycles. The Balaban J connectivity index is 2.17. The van der Waals surface area contributed by atoms with Gasteiger partial charge in [0.15, 0.2) is 0 Å². The number of likely N-dealkylation sites (N-methyl/N-ethyl adjacent to an activating group) is 1. The van der Waals surface area contributed by atoms with E-state index in [-0.39, 0.29) is 6.04 Å². The Bertz CT molecular complexity index is 520. The molecule has 1 N–H and O–H groups in total. The molecular weight excluding hydrogens is 285 g/mol. The van der Waals surface area contributed by atoms with Gasteiger partial charge in [-0.2, -0.15) is 24.5 Å². The van der Waals surface area contributed by atoms with Gasteiger partial charge in [-0.25, -0.2) is 0 Å². The lowest BCUT2D eigenvalue weighted by molar-refractivity contribution is -0.137. The molecule has 1 unspecified atom stereocenters. The third-order valence-electron chi connectivity index (χ3n) is 2.94. The molecule has 6 heteroatoms. The van der Waals surface area contributed by atoms with E-state index in [4.69, 9.17) is 0 Å². The molecule has 0 saturated heterocycles. The van der Waals surface area contributed by atoms with Gasteiger partial charge in [-0.15, -0.1) is 0 Å². The fourth-order valence-corrected chi connectivity index (χ4v) is 2.63. The maximum Gasteiger partial charge on any atom is 0.417 e. The summed E-state index contributed by atoms with van der Waals surface area (Å²) in [7, 11) is 0. The molecule has 0 radical (unpaired) electrons. The topological polar surface area (TPSA) is 24.9 Å². The van der Waals surface area contributed by atoms with Crippen molar-refractivity contribution < 1.29 is 13.2 Å². The van der Waals surface area contributed by atoms with Crippen LogP contribution in [0.5, 0.6) is 0 Å². The third kappa shape index (κ3) is 3.80. The Labute approximate surface area is 119 Å². The second-order valence-corrected chi connectivity index (χ2v) is 5.20. The van der Waals surface area contributed by atoms with Crippen LogP contribution in [0.4, 0.5) is 13.2 Å². The Hall–Kier alpha value is -1.40. The van der Waals surface area contributed by atoms with Crippen LogP contribution in [0.25, 0.3) is 0 Å². The second-order valence-electron chi connectivity index (χ2n) is 4.42. The van der Waals surface area contributed by atoms with Gasteiger partial charge in [0.2, 0.25) is 0 Å². The summed E-state index contributed by atoms with van der Waals surface area (Å²) < 4.78 is 37.6. The molecule has 0 fully saturated rings. The SMILES string of the molecule is CCNC(Cc1ccsc1)c1ccc(C(F)(F)F)cn1. The van der Waals surface area contributed by atoms with Crippen molar-refractivity contribution in [2.75, 3.05) is 6.54 Å². The average molecular weight is 300 g/mol. The third-order valence-corrected chi connectivity index (χ3v) is 3.67. The maximum absolute atomic E-state index is 12.5. The summed E-state index contributed by atoms with van der Waals surface area (Å²) in [6.45, 7) is 2.70. The summed E-state index contributed by atoms with van der Waals surface area (Å²) in [5, 5.41) is 7.28. The molecule has 2 heterocycles. The van der Waals surface area contributed by atoms with Gasteiger partial charge in [0.1, 0.15) is 0 Å². The highest BCUT2D eigenvalue weighted by molar-refractivity contribution is 7.07. The van der Waals surface area contributed by atoms with Crippen LogP contribution in [-0.4, -0.2) is 11.5 Å². The summed E-state index contributed by atoms with van der Waals surface area (Å²) in [6.07, 6.45) is -2.73. The van der Waals surface area contributed by atoms with Gasteiger partial charge in [-0.05, 0) is 47.5 Å². The first-order chi connectivity index (χ1) is 9.50. The molecule has 0 aliphatic rings. The Kier molecular flexibility index (Phi) is 4.77. The lowest BCUT2D eigenvalue weighted by Gasteiger charge is -2.17. The van der Waals surface area contributed by atoms with E-state index < -0.39 is 11.7 Å². The Morgan fingerprint density at radius 1 is 1.30 bits per heavy atom. The lowest BCUT2D eigenvalue weighted by atomic mass is 10.0. The highest BCUT2D eigenvalue weighted by Crippen LogP contribution is 2.29. The summed E-state index contributed by atoms with van der Waals surface area (Å²) in [4.78, 5) is 3.97. The van der Waals surface area contributed by atoms with Gasteiger partial charge in [-0.1, -0.05) is 6.92 Å². The number of halogens is 3. The van der Waals surface area contributed by atoms with Crippen molar-refractivity contribution in [3.63, 3.8) is 0 Å². The minimum absolute atomic E-state index is 0.0723. The summed E-state index contributed by atoms with van der Waals surface area (Å²) >= 11 is 1.60. The molecular formula is C14H15F3N2S. The molecule has 0 bridgehead atoms. The number of alkyl halides is 3. The van der Waals surface area contributed by atoms with Gasteiger partial charge >= 0.3 is 6.18 Å². The van der Waals surface area contributed by atoms with Crippen molar-refractivity contribution >= 4 is 11.3 Å². The van der Waals surface area contributed by atoms with E-state index in [1.807, 2.05) is 23.8 Å². The lowest BCUT2D eigenvalue weighted by Crippen LogP contribution is -2.24. The summed E-state index contributed by atoms with van der Waals surface area (Å²) in [5.41, 5.74) is 1.07. The van der Waals surface area contributed by atoms with Crippen LogP contribution in [0.2, 0.25) is 0 Å². The molecule has 2 rings (SSSR count). The zero-order chi connectivity index (χ0) is 14.6. The normalized spacial score (nSPS) is 13.4. The minimum Gasteiger partial charge on any atom is -0.309 e. The van der Waals surface area contributed by atoms with Crippen LogP contribution in [0, 0.1) is 0 Å². The number of pyridine rings is 1. The van der Waals surface area contributed by atoms with Gasteiger partial charge in [0.05, 0.1) is 17.3 Å². The van der Waals surface area contributed by atoms with E-state index in [9.17, 15) is 13.2 Å². The smallest absolute Gasteiger partial charge is 0.309 e. The molecule has 0 aromatic carbocycles. The number of rotatable bonds is 5. The zero-order valence-corrected chi connectivity index (χ0v) is 11.8. The van der Waals surface area contributed by atoms with Gasteiger partial charge in [-0.3, -0.25) is 4.98 Å². The predicted octanol–water partition coefficient (Wildman–Crippen LogP) is 4.06. The number of nitrogens with zero attached hydrogens (tertiary/aromatic N) is 1. The molecule has 0 aliphatic carbocycles. The van der Waals surface area contributed by atoms with Crippen LogP contribution in [0.15, 0.2) is 35.2 Å². The van der Waals surface area contributed by atoms with Crippen LogP contribution >= 0.6 is 11.3 Å². The highest BCUT2D eigenvalue weighted by atomic mass is 32.1. The van der Waals surface area contributed by atoms with Crippen molar-refractivity contribution in [1.29, 1.82) is 0 Å². The number of nitrogens with one attached hydrogen (secondary N) is 1. The molecule has 108 valence electrons. The largest absolute Gasteiger partial charge is 0.417 e. The van der Waals surface area contributed by atoms with E-state index in [2.05, 4.69) is 10.3 Å². The molecule has 1 atom stereocenters. The van der Waals surface area contributed by atoms with Crippen molar-refractivity contribution in [2.24, 2.45) is 0 Å². The van der Waals surface area contributed by atoms with Crippen molar-refractivity contribution in [3.8, 4) is 0 Å². The molecule has 0 aliphatic heterocycles. The van der Waals surface area contributed by atoms with Crippen molar-refractivity contribution in [3.05, 3.63) is 52.0 Å². The van der Waals surface area contributed by atoms with Crippen LogP contribution < -0.4 is 5.32 Å². The molecule has 2 nitrogen and oxygen atoms in total. The van der Waals surface area contributed by atoms with Crippen LogP contribution in [0.1, 0.15) is 29.8 Å². The molecule has 0 saturated carbocycles. The standard InChI is InChI=1S/C14H15F3N2S/c1-2-18-13(7-10-5-6-20-9-10)12-4-3-11(8-19-12)14(15,16)17/h3-6,8-9,13,18H,2,7H2,1H3. The number of hydrogen-bond donors (Lipinski definition) is 1. The van der Waals surface area contributed by atoms with E-state index in [1.54, 1.807) is 11.3 Å². The Morgan fingerprint density at radius 3 is 2.60 bits per heavy atom. The van der Waals surface area contributed by atoms with Gasteiger partial charge in [0, 0.05) is 6.20 Å². The molecule has 2 aromatic rings. The van der Waals surface area contributed by atoms with Crippen molar-refractivity contribution in [1.82, 2.24) is 10.3 Å². The average Bonchev–Trinajstić information content (AvgIpc) is 2.90. The summed E-state index contributed by atoms with van der Waals surface area (Å²) in [6, 6.07) is 4.47. The Morgan fingerprint density at radius 2 is 2.10 bits per heavy atom. The first-order valence-corrected chi connectivity index (χ1v) is 7.22. The second kappa shape index (κ2) is 6.37. The van der Waals surface area contributed by atoms with E-state index in [0.29, 0.717) is 5.69 Å². The summed E-state index contributed by atoms with van der Waals surface area (Å²) in [5.74, 6) is 0. The fourth-order valence-electron chi connectivity index (χ4n) is 1.95. The molecule has 0 spiro atoms. The van der Waals surface area contributed by atoms with Crippen molar-refractivity contribution in [2.45, 2.75) is 25.6 Å². The van der Waals surface area contributed by atoms with E-state index in [0.717, 1.165) is 30.8 Å². The van der Waals surface area contributed by atoms with E-state index >= 15 is 0 Å². The zero-order valence-electron chi connectivity index (χ0n) is 10.9. The van der Waals surface area contributed by atoms with Crippen LogP contribution in [-0.2, 0) is 12.6 Å². The maximum atomic E-state index is 12.5. The van der Waals surface area contributed by atoms with Gasteiger partial charge < -0.3 is 5.32 Å². The van der Waals surface area contributed by atoms with E-state index in [1.165, 1.54) is 6.07 Å². The first kappa shape index (κ1) is 15.0. The number of aromatic nitrogens is 1. The molecule has 20 heavy (non-hydrogen) atoms. The first-order valence-electron chi connectivity index (χ1n) is 6.28. The predicted molar refractivity (Wildman–Crippen MR) is 73.7 cm³/mol. The van der Waals surface area contributed by atoms with Gasteiger partial charge in [0.25, 0.3) is 0 Å². The minimum atomic E-state index is -4.34. The molecule has 0 amide bonds. The quantitative estimate of drug-likeness (QED) is 0.901. The number of hydrogen-bond acceptors (Lipinski definition) is 3. The fraction of sp³-hybridized carbons (Fsp3) is 0.357. The number of thiophene rings is 1. The monoisotopic (exact) mass is 300 g/mol. The highest BCUT2D eigenvalue weighted by Gasteiger charge is 2.30. The van der Waals surface area contributed by atoms with Crippen LogP contribution in [0.3, 0.4) is 0 Å².